The lowest BCUT2D eigenvalue weighted by Crippen LogP contribution is -2.57. The molecule has 0 radical (unpaired) electrons. The van der Waals surface area contributed by atoms with Crippen LogP contribution < -0.4 is 15.5 Å². The van der Waals surface area contributed by atoms with E-state index in [4.69, 9.17) is 4.74 Å². The van der Waals surface area contributed by atoms with Crippen LogP contribution in [0.3, 0.4) is 0 Å². The van der Waals surface area contributed by atoms with Gasteiger partial charge in [-0.1, -0.05) is 90.0 Å². The summed E-state index contributed by atoms with van der Waals surface area (Å²) >= 11 is 0. The number of hydrogen-bond acceptors (Lipinski definition) is 7. The molecule has 0 spiro atoms. The van der Waals surface area contributed by atoms with E-state index in [0.29, 0.717) is 56.9 Å². The molecule has 1 saturated carbocycles. The summed E-state index contributed by atoms with van der Waals surface area (Å²) in [6, 6.07) is 13.1. The molecule has 2 aliphatic rings. The van der Waals surface area contributed by atoms with Crippen LogP contribution in [-0.2, 0) is 25.5 Å². The predicted molar refractivity (Wildman–Crippen MR) is 205 cm³/mol. The summed E-state index contributed by atoms with van der Waals surface area (Å²) in [6.45, 7) is 9.71. The largest absolute Gasteiger partial charge is 0.466 e. The first-order valence-corrected chi connectivity index (χ1v) is 18.5. The maximum absolute atomic E-state index is 13.9. The fourth-order valence-corrected chi connectivity index (χ4v) is 5.90. The molecule has 272 valence electrons. The van der Waals surface area contributed by atoms with E-state index >= 15 is 0 Å². The van der Waals surface area contributed by atoms with Gasteiger partial charge in [-0.25, -0.2) is 4.79 Å². The lowest BCUT2D eigenvalue weighted by Gasteiger charge is -2.36. The van der Waals surface area contributed by atoms with Crippen LogP contribution in [0.25, 0.3) is 6.08 Å². The zero-order valence-corrected chi connectivity index (χ0v) is 30.7. The fourth-order valence-electron chi connectivity index (χ4n) is 5.90. The topological polar surface area (TPSA) is 109 Å². The maximum Gasteiger partial charge on any atom is 0.330 e. The summed E-state index contributed by atoms with van der Waals surface area (Å²) in [5.74, 6) is -0.905. The Hall–Kier alpha value is -4.24. The van der Waals surface area contributed by atoms with Crippen LogP contribution in [-0.4, -0.2) is 69.5 Å². The van der Waals surface area contributed by atoms with E-state index < -0.39 is 11.5 Å². The molecule has 9 heteroatoms. The van der Waals surface area contributed by atoms with Crippen LogP contribution in [0, 0.1) is 0 Å². The molecular weight excluding hydrogens is 628 g/mol. The number of hydrogen-bond donors (Lipinski definition) is 2. The van der Waals surface area contributed by atoms with Crippen molar-refractivity contribution in [2.45, 2.75) is 96.9 Å². The number of aliphatic imine (C=N–C) groups is 1. The molecule has 1 heterocycles. The van der Waals surface area contributed by atoms with E-state index in [2.05, 4.69) is 52.1 Å². The maximum atomic E-state index is 13.9. The average Bonchev–Trinajstić information content (AvgIpc) is 3.21. The second kappa shape index (κ2) is 22.5. The van der Waals surface area contributed by atoms with Crippen LogP contribution in [0.15, 0.2) is 65.7 Å². The Morgan fingerprint density at radius 3 is 2.42 bits per heavy atom. The van der Waals surface area contributed by atoms with Crippen molar-refractivity contribution in [3.05, 3.63) is 77.4 Å². The number of rotatable bonds is 12. The number of benzene rings is 2. The summed E-state index contributed by atoms with van der Waals surface area (Å²) in [4.78, 5) is 46.0. The summed E-state index contributed by atoms with van der Waals surface area (Å²) in [5.41, 5.74) is 3.18. The summed E-state index contributed by atoms with van der Waals surface area (Å²) in [7, 11) is 1.33. The number of allylic oxidation sites excluding steroid dienone is 1. The molecule has 0 unspecified atom stereocenters. The van der Waals surface area contributed by atoms with E-state index in [-0.39, 0.29) is 11.8 Å². The smallest absolute Gasteiger partial charge is 0.330 e. The Balaban J connectivity index is 0.00000160. The number of methoxy groups -OCH3 is 1. The predicted octanol–water partition coefficient (Wildman–Crippen LogP) is 7.95. The van der Waals surface area contributed by atoms with Gasteiger partial charge in [-0.3, -0.25) is 14.6 Å². The first kappa shape index (κ1) is 40.2. The molecule has 1 aliphatic carbocycles. The fraction of sp³-hybridized carbons (Fsp3) is 0.512. The van der Waals surface area contributed by atoms with Crippen LogP contribution in [0.4, 0.5) is 11.4 Å². The Morgan fingerprint density at radius 2 is 1.72 bits per heavy atom. The van der Waals surface area contributed by atoms with Gasteiger partial charge < -0.3 is 25.0 Å². The van der Waals surface area contributed by atoms with Crippen molar-refractivity contribution in [3.63, 3.8) is 0 Å². The first-order chi connectivity index (χ1) is 24.4. The molecule has 2 N–H and O–H groups in total. The molecule has 0 atom stereocenters. The minimum atomic E-state index is -1.01. The number of nitrogens with one attached hydrogen (secondary N) is 2. The van der Waals surface area contributed by atoms with E-state index in [0.717, 1.165) is 56.2 Å². The van der Waals surface area contributed by atoms with Gasteiger partial charge in [-0.2, -0.15) is 0 Å². The zero-order valence-electron chi connectivity index (χ0n) is 30.7. The standard InChI is InChI=1S/C37H48N4O5.C4H10/c1-3-4-6-11-30-15-16-31(28-33(30)41-24-23-38-22-9-10-26-46-27-25-41)35(43)40-37(20-7-5-8-21-37)36(44)39-32-17-12-29(13-18-32)14-19-34(42)45-2;1-3-4-2/h9-10,12-19,22,28H,3-8,11,20-21,23-27H2,1-2H3,(H,39,44)(H,40,43);3-4H2,1-2H3/b10-9-,19-14+,38-22?;. The number of carbonyl (C=O) groups is 3. The van der Waals surface area contributed by atoms with Crippen LogP contribution >= 0.6 is 0 Å². The van der Waals surface area contributed by atoms with Crippen molar-refractivity contribution < 1.29 is 23.9 Å². The van der Waals surface area contributed by atoms with Crippen molar-refractivity contribution in [2.24, 2.45) is 4.99 Å². The van der Waals surface area contributed by atoms with Crippen molar-refractivity contribution in [2.75, 3.05) is 50.2 Å². The zero-order chi connectivity index (χ0) is 36.0. The number of amides is 2. The van der Waals surface area contributed by atoms with Crippen LogP contribution in [0.1, 0.15) is 106 Å². The molecule has 0 saturated heterocycles. The Kier molecular flexibility index (Phi) is 18.1. The second-order valence-corrected chi connectivity index (χ2v) is 12.9. The van der Waals surface area contributed by atoms with Gasteiger partial charge in [-0.15, -0.1) is 0 Å². The molecule has 2 aromatic rings. The van der Waals surface area contributed by atoms with Gasteiger partial charge in [0.2, 0.25) is 5.91 Å². The third kappa shape index (κ3) is 13.2. The number of esters is 1. The van der Waals surface area contributed by atoms with E-state index in [1.807, 2.05) is 42.6 Å². The van der Waals surface area contributed by atoms with Gasteiger partial charge in [0.25, 0.3) is 5.91 Å². The number of unbranched alkanes of at least 4 members (excludes halogenated alkanes) is 3. The van der Waals surface area contributed by atoms with Gasteiger partial charge in [-0.05, 0) is 73.2 Å². The van der Waals surface area contributed by atoms with Crippen molar-refractivity contribution >= 4 is 41.4 Å². The summed E-state index contributed by atoms with van der Waals surface area (Å²) in [5, 5.41) is 6.21. The average molecular weight is 687 g/mol. The molecule has 1 fully saturated rings. The molecule has 4 rings (SSSR count). The first-order valence-electron chi connectivity index (χ1n) is 18.5. The highest BCUT2D eigenvalue weighted by atomic mass is 16.5. The quantitative estimate of drug-likeness (QED) is 0.133. The second-order valence-electron chi connectivity index (χ2n) is 12.9. The third-order valence-electron chi connectivity index (χ3n) is 9.06. The number of aryl methyl sites for hydroxylation is 1. The SMILES string of the molecule is CCCC.CCCCCc1ccc(C(=O)NC2(C(=O)Nc3ccc(/C=C/C(=O)OC)cc3)CCCCC2)cc1N1CCN=C/C=C\COCC1. The minimum absolute atomic E-state index is 0.217. The Labute approximate surface area is 299 Å². The summed E-state index contributed by atoms with van der Waals surface area (Å²) in [6.07, 6.45) is 19.5. The van der Waals surface area contributed by atoms with Gasteiger partial charge in [0, 0.05) is 42.3 Å². The molecule has 0 aromatic heterocycles. The number of carbonyl (C=O) groups excluding carboxylic acids is 3. The van der Waals surface area contributed by atoms with Crippen molar-refractivity contribution in [3.8, 4) is 0 Å². The van der Waals surface area contributed by atoms with Gasteiger partial charge in [0.15, 0.2) is 0 Å². The van der Waals surface area contributed by atoms with E-state index in [9.17, 15) is 14.4 Å². The minimum Gasteiger partial charge on any atom is -0.466 e. The molecule has 2 amide bonds. The monoisotopic (exact) mass is 686 g/mol. The lowest BCUT2D eigenvalue weighted by atomic mass is 9.80. The van der Waals surface area contributed by atoms with Crippen LogP contribution in [0.5, 0.6) is 0 Å². The van der Waals surface area contributed by atoms with Crippen molar-refractivity contribution in [1.29, 1.82) is 0 Å². The highest BCUT2D eigenvalue weighted by Crippen LogP contribution is 2.31. The highest BCUT2D eigenvalue weighted by molar-refractivity contribution is 6.04. The van der Waals surface area contributed by atoms with Gasteiger partial charge >= 0.3 is 5.97 Å². The number of ether oxygens (including phenoxy) is 2. The van der Waals surface area contributed by atoms with E-state index in [1.54, 1.807) is 18.2 Å². The number of nitrogens with zero attached hydrogens (tertiary/aromatic N) is 2. The molecule has 9 nitrogen and oxygen atoms in total. The summed E-state index contributed by atoms with van der Waals surface area (Å²) < 4.78 is 10.5. The molecule has 2 aromatic carbocycles. The van der Waals surface area contributed by atoms with E-state index in [1.165, 1.54) is 31.6 Å². The third-order valence-corrected chi connectivity index (χ3v) is 9.06. The molecule has 0 bridgehead atoms. The number of anilines is 2. The van der Waals surface area contributed by atoms with Crippen LogP contribution in [0.2, 0.25) is 0 Å². The molecular formula is C41H58N4O5. The van der Waals surface area contributed by atoms with Gasteiger partial charge in [0.05, 0.1) is 26.9 Å². The lowest BCUT2D eigenvalue weighted by molar-refractivity contribution is -0.134. The van der Waals surface area contributed by atoms with Gasteiger partial charge in [0.1, 0.15) is 5.54 Å². The van der Waals surface area contributed by atoms with Crippen molar-refractivity contribution in [1.82, 2.24) is 5.32 Å². The molecule has 50 heavy (non-hydrogen) atoms. The normalized spacial score (nSPS) is 16.8. The molecule has 1 aliphatic heterocycles. The Bertz CT molecular complexity index is 1420. The highest BCUT2D eigenvalue weighted by Gasteiger charge is 2.41. The Morgan fingerprint density at radius 1 is 0.960 bits per heavy atom.